The van der Waals surface area contributed by atoms with E-state index in [4.69, 9.17) is 19.4 Å². The highest BCUT2D eigenvalue weighted by Gasteiger charge is 2.16. The molecule has 0 amide bonds. The van der Waals surface area contributed by atoms with Crippen LogP contribution in [0, 0.1) is 0 Å². The number of aromatic nitrogens is 3. The average molecular weight is 778 g/mol. The molecule has 12 aromatic rings. The van der Waals surface area contributed by atoms with Crippen molar-refractivity contribution in [1.29, 1.82) is 0 Å². The van der Waals surface area contributed by atoms with Crippen LogP contribution in [0.25, 0.3) is 122 Å². The SMILES string of the molecule is c1ccc(-c2ccc(-c3nc(-c4ccccc4)nc(-c4ccc5c(c4)oc4cc(-c6cccc(-c7ccc8c9ccccc9c9ccccc9c8c7)c6)ccc45)n3)cc2)cc1. The number of benzene rings is 10. The van der Waals surface area contributed by atoms with Crippen LogP contribution in [0.4, 0.5) is 0 Å². The molecule has 2 aromatic heterocycles. The first-order valence-electron chi connectivity index (χ1n) is 20.6. The van der Waals surface area contributed by atoms with Gasteiger partial charge in [0.1, 0.15) is 11.2 Å². The van der Waals surface area contributed by atoms with E-state index >= 15 is 0 Å². The summed E-state index contributed by atoms with van der Waals surface area (Å²) in [4.78, 5) is 15.0. The van der Waals surface area contributed by atoms with Crippen molar-refractivity contribution in [2.24, 2.45) is 0 Å². The summed E-state index contributed by atoms with van der Waals surface area (Å²) in [5.74, 6) is 1.83. The van der Waals surface area contributed by atoms with E-state index in [0.29, 0.717) is 17.5 Å². The molecule has 0 aliphatic heterocycles. The highest BCUT2D eigenvalue weighted by atomic mass is 16.3. The van der Waals surface area contributed by atoms with Crippen molar-refractivity contribution in [3.8, 4) is 67.5 Å². The molecule has 0 N–H and O–H groups in total. The van der Waals surface area contributed by atoms with Gasteiger partial charge < -0.3 is 4.42 Å². The Morgan fingerprint density at radius 2 is 0.557 bits per heavy atom. The maximum absolute atomic E-state index is 6.63. The Hall–Kier alpha value is -8.21. The maximum atomic E-state index is 6.63. The van der Waals surface area contributed by atoms with Crippen LogP contribution in [0.15, 0.2) is 217 Å². The lowest BCUT2D eigenvalue weighted by atomic mass is 9.91. The third kappa shape index (κ3) is 6.12. The largest absolute Gasteiger partial charge is 0.456 e. The van der Waals surface area contributed by atoms with Gasteiger partial charge in [-0.25, -0.2) is 15.0 Å². The fourth-order valence-electron chi connectivity index (χ4n) is 8.85. The molecule has 284 valence electrons. The van der Waals surface area contributed by atoms with Gasteiger partial charge in [-0.2, -0.15) is 0 Å². The van der Waals surface area contributed by atoms with Gasteiger partial charge in [0.05, 0.1) is 0 Å². The van der Waals surface area contributed by atoms with Gasteiger partial charge in [-0.3, -0.25) is 0 Å². The molecule has 61 heavy (non-hydrogen) atoms. The molecule has 0 spiro atoms. The number of hydrogen-bond acceptors (Lipinski definition) is 4. The zero-order valence-electron chi connectivity index (χ0n) is 33.0. The second kappa shape index (κ2) is 14.3. The molecular weight excluding hydrogens is 743 g/mol. The summed E-state index contributed by atoms with van der Waals surface area (Å²) in [7, 11) is 0. The number of hydrogen-bond donors (Lipinski definition) is 0. The van der Waals surface area contributed by atoms with Crippen molar-refractivity contribution in [3.63, 3.8) is 0 Å². The number of fused-ring (bicyclic) bond motifs is 9. The molecule has 0 unspecified atom stereocenters. The van der Waals surface area contributed by atoms with E-state index in [9.17, 15) is 0 Å². The molecule has 10 aromatic carbocycles. The van der Waals surface area contributed by atoms with Crippen LogP contribution in [0.2, 0.25) is 0 Å². The van der Waals surface area contributed by atoms with Gasteiger partial charge in [0.25, 0.3) is 0 Å². The molecule has 2 heterocycles. The normalized spacial score (nSPS) is 11.6. The van der Waals surface area contributed by atoms with E-state index < -0.39 is 0 Å². The molecule has 0 bridgehead atoms. The second-order valence-corrected chi connectivity index (χ2v) is 15.6. The lowest BCUT2D eigenvalue weighted by molar-refractivity contribution is 0.669. The van der Waals surface area contributed by atoms with Crippen LogP contribution >= 0.6 is 0 Å². The predicted molar refractivity (Wildman–Crippen MR) is 252 cm³/mol. The van der Waals surface area contributed by atoms with Crippen molar-refractivity contribution in [2.75, 3.05) is 0 Å². The van der Waals surface area contributed by atoms with Gasteiger partial charge in [-0.05, 0) is 102 Å². The lowest BCUT2D eigenvalue weighted by Gasteiger charge is -2.12. The summed E-state index contributed by atoms with van der Waals surface area (Å²) in [6.45, 7) is 0. The Labute approximate surface area is 352 Å². The minimum Gasteiger partial charge on any atom is -0.456 e. The van der Waals surface area contributed by atoms with Gasteiger partial charge in [-0.15, -0.1) is 0 Å². The fraction of sp³-hybridized carbons (Fsp3) is 0. The molecule has 0 saturated heterocycles. The Morgan fingerprint density at radius 3 is 1.15 bits per heavy atom. The summed E-state index contributed by atoms with van der Waals surface area (Å²) < 4.78 is 6.63. The molecule has 0 fully saturated rings. The molecule has 4 nitrogen and oxygen atoms in total. The summed E-state index contributed by atoms with van der Waals surface area (Å²) in [6, 6.07) is 74.8. The first-order chi connectivity index (χ1) is 30.2. The fourth-order valence-corrected chi connectivity index (χ4v) is 8.85. The number of rotatable bonds is 6. The zero-order chi connectivity index (χ0) is 40.3. The highest BCUT2D eigenvalue weighted by molar-refractivity contribution is 6.25. The van der Waals surface area contributed by atoms with E-state index in [1.165, 1.54) is 49.0 Å². The third-order valence-corrected chi connectivity index (χ3v) is 11.9. The highest BCUT2D eigenvalue weighted by Crippen LogP contribution is 2.39. The predicted octanol–water partition coefficient (Wildman–Crippen LogP) is 15.2. The molecular formula is C57H35N3O. The van der Waals surface area contributed by atoms with Crippen LogP contribution in [-0.2, 0) is 0 Å². The van der Waals surface area contributed by atoms with E-state index in [2.05, 4.69) is 176 Å². The van der Waals surface area contributed by atoms with Crippen LogP contribution in [0.3, 0.4) is 0 Å². The van der Waals surface area contributed by atoms with E-state index in [0.717, 1.165) is 55.3 Å². The van der Waals surface area contributed by atoms with Gasteiger partial charge in [0, 0.05) is 27.5 Å². The molecule has 0 aliphatic rings. The van der Waals surface area contributed by atoms with Crippen molar-refractivity contribution < 1.29 is 4.42 Å². The number of nitrogens with zero attached hydrogens (tertiary/aromatic N) is 3. The topological polar surface area (TPSA) is 51.8 Å². The monoisotopic (exact) mass is 777 g/mol. The standard InChI is InChI=1S/C57H35N3O/c1-3-12-36(13-4-1)37-22-24-39(25-23-37)56-58-55(38-14-5-2-6-15-38)59-57(60-56)44-28-31-51-50-30-27-43(34-53(50)61-54(51)35-44)41-17-11-16-40(32-41)42-26-29-49-47-20-8-7-18-45(47)46-19-9-10-21-48(46)52(49)33-42/h1-35H. The van der Waals surface area contributed by atoms with E-state index in [-0.39, 0.29) is 0 Å². The summed E-state index contributed by atoms with van der Waals surface area (Å²) in [5.41, 5.74) is 11.2. The Balaban J connectivity index is 0.905. The first kappa shape index (κ1) is 34.8. The van der Waals surface area contributed by atoms with Crippen LogP contribution in [-0.4, -0.2) is 15.0 Å². The average Bonchev–Trinajstić information content (AvgIpc) is 3.72. The van der Waals surface area contributed by atoms with Crippen molar-refractivity contribution in [3.05, 3.63) is 212 Å². The summed E-state index contributed by atoms with van der Waals surface area (Å²) >= 11 is 0. The molecule has 0 aliphatic carbocycles. The van der Waals surface area contributed by atoms with Crippen LogP contribution in [0.1, 0.15) is 0 Å². The van der Waals surface area contributed by atoms with Crippen molar-refractivity contribution >= 4 is 54.3 Å². The molecule has 12 rings (SSSR count). The zero-order valence-corrected chi connectivity index (χ0v) is 33.0. The Kier molecular flexibility index (Phi) is 8.13. The van der Waals surface area contributed by atoms with Gasteiger partial charge in [-0.1, -0.05) is 176 Å². The molecule has 4 heteroatoms. The summed E-state index contributed by atoms with van der Waals surface area (Å²) in [6.07, 6.45) is 0. The van der Waals surface area contributed by atoms with Crippen LogP contribution < -0.4 is 0 Å². The van der Waals surface area contributed by atoms with E-state index in [1.807, 2.05) is 36.4 Å². The minimum atomic E-state index is 0.589. The quantitative estimate of drug-likeness (QED) is 0.158. The van der Waals surface area contributed by atoms with Gasteiger partial charge in [0.15, 0.2) is 17.5 Å². The van der Waals surface area contributed by atoms with Crippen molar-refractivity contribution in [2.45, 2.75) is 0 Å². The molecule has 0 radical (unpaired) electrons. The minimum absolute atomic E-state index is 0.589. The Morgan fingerprint density at radius 1 is 0.213 bits per heavy atom. The lowest BCUT2D eigenvalue weighted by Crippen LogP contribution is -2.00. The number of furan rings is 1. The third-order valence-electron chi connectivity index (χ3n) is 11.9. The van der Waals surface area contributed by atoms with E-state index in [1.54, 1.807) is 0 Å². The smallest absolute Gasteiger partial charge is 0.164 e. The Bertz CT molecular complexity index is 3600. The second-order valence-electron chi connectivity index (χ2n) is 15.6. The first-order valence-corrected chi connectivity index (χ1v) is 20.6. The van der Waals surface area contributed by atoms with Crippen LogP contribution in [0.5, 0.6) is 0 Å². The van der Waals surface area contributed by atoms with Gasteiger partial charge in [0.2, 0.25) is 0 Å². The molecule has 0 saturated carbocycles. The van der Waals surface area contributed by atoms with Gasteiger partial charge >= 0.3 is 0 Å². The maximum Gasteiger partial charge on any atom is 0.164 e. The summed E-state index contributed by atoms with van der Waals surface area (Å²) in [5, 5.41) is 9.77. The molecule has 0 atom stereocenters. The van der Waals surface area contributed by atoms with Crippen molar-refractivity contribution in [1.82, 2.24) is 15.0 Å².